The van der Waals surface area contributed by atoms with Crippen LogP contribution in [-0.2, 0) is 9.59 Å². The lowest BCUT2D eigenvalue weighted by Gasteiger charge is -2.35. The van der Waals surface area contributed by atoms with Crippen LogP contribution in [0.1, 0.15) is 88.5 Å². The summed E-state index contributed by atoms with van der Waals surface area (Å²) >= 11 is 0. The van der Waals surface area contributed by atoms with Crippen LogP contribution in [0.3, 0.4) is 0 Å². The minimum absolute atomic E-state index is 0.0214. The molecule has 0 saturated carbocycles. The summed E-state index contributed by atoms with van der Waals surface area (Å²) in [5.41, 5.74) is -0.308. The number of nitrogens with one attached hydrogen (secondary N) is 2. The van der Waals surface area contributed by atoms with Crippen LogP contribution in [0, 0.1) is 16.7 Å². The Morgan fingerprint density at radius 3 is 1.79 bits per heavy atom. The zero-order valence-electron chi connectivity index (χ0n) is 17.8. The van der Waals surface area contributed by atoms with E-state index in [1.54, 1.807) is 0 Å². The summed E-state index contributed by atoms with van der Waals surface area (Å²) in [7, 11) is 0. The zero-order chi connectivity index (χ0) is 19.6. The van der Waals surface area contributed by atoms with Crippen molar-refractivity contribution in [1.82, 2.24) is 10.6 Å². The maximum absolute atomic E-state index is 12.0. The summed E-state index contributed by atoms with van der Waals surface area (Å²) in [6.07, 6.45) is 3.40. The van der Waals surface area contributed by atoms with Gasteiger partial charge in [0.1, 0.15) is 0 Å². The smallest absolute Gasteiger partial charge is 0.220 e. The van der Waals surface area contributed by atoms with Gasteiger partial charge in [0.15, 0.2) is 0 Å². The first-order valence-electron chi connectivity index (χ1n) is 9.12. The highest BCUT2D eigenvalue weighted by Crippen LogP contribution is 2.35. The molecule has 0 saturated heterocycles. The number of amides is 2. The molecule has 0 aliphatic carbocycles. The third-order valence-corrected chi connectivity index (χ3v) is 3.59. The van der Waals surface area contributed by atoms with E-state index in [4.69, 9.17) is 0 Å². The van der Waals surface area contributed by atoms with Gasteiger partial charge in [0.05, 0.1) is 0 Å². The van der Waals surface area contributed by atoms with E-state index in [2.05, 4.69) is 59.1 Å². The molecule has 0 unspecified atom stereocenters. The van der Waals surface area contributed by atoms with Crippen LogP contribution >= 0.6 is 0 Å². The Balaban J connectivity index is 0. The Bertz CT molecular complexity index is 366. The second kappa shape index (κ2) is 10.7. The van der Waals surface area contributed by atoms with Gasteiger partial charge in [0, 0.05) is 18.5 Å². The zero-order valence-corrected chi connectivity index (χ0v) is 17.8. The number of hydrogen-bond acceptors (Lipinski definition) is 2. The third kappa shape index (κ3) is 17.3. The van der Waals surface area contributed by atoms with Crippen LogP contribution in [-0.4, -0.2) is 24.4 Å². The monoisotopic (exact) mass is 342 g/mol. The van der Waals surface area contributed by atoms with Crippen molar-refractivity contribution in [1.29, 1.82) is 0 Å². The molecule has 4 nitrogen and oxygen atoms in total. The number of carbonyl (C=O) groups is 2. The first-order chi connectivity index (χ1) is 10.6. The topological polar surface area (TPSA) is 58.2 Å². The summed E-state index contributed by atoms with van der Waals surface area (Å²) in [5.74, 6) is 0.964. The highest BCUT2D eigenvalue weighted by atomic mass is 16.1. The minimum Gasteiger partial charge on any atom is -0.358 e. The highest BCUT2D eigenvalue weighted by molar-refractivity contribution is 5.77. The van der Waals surface area contributed by atoms with E-state index in [-0.39, 0.29) is 22.3 Å². The van der Waals surface area contributed by atoms with E-state index >= 15 is 0 Å². The summed E-state index contributed by atoms with van der Waals surface area (Å²) < 4.78 is 0. The molecular formula is C20H42N2O2. The van der Waals surface area contributed by atoms with Crippen LogP contribution in [0.5, 0.6) is 0 Å². The second-order valence-electron chi connectivity index (χ2n) is 9.78. The van der Waals surface area contributed by atoms with Gasteiger partial charge in [-0.25, -0.2) is 0 Å². The predicted molar refractivity (Wildman–Crippen MR) is 104 cm³/mol. The number of rotatable bonds is 8. The Labute approximate surface area is 150 Å². The predicted octanol–water partition coefficient (Wildman–Crippen LogP) is 4.53. The van der Waals surface area contributed by atoms with Gasteiger partial charge in [-0.2, -0.15) is 0 Å². The molecule has 2 amide bonds. The molecule has 0 atom stereocenters. The molecule has 0 rings (SSSR count). The van der Waals surface area contributed by atoms with Gasteiger partial charge in [0.2, 0.25) is 12.3 Å². The summed E-state index contributed by atoms with van der Waals surface area (Å²) in [4.78, 5) is 22.4. The number of hydrogen-bond donors (Lipinski definition) is 2. The summed E-state index contributed by atoms with van der Waals surface area (Å²) in [5, 5.41) is 5.72. The van der Waals surface area contributed by atoms with Crippen molar-refractivity contribution >= 4 is 12.3 Å². The SMILES string of the molecule is CC(C)(CNC=O)CC(C)(C)CC(=O)NC(C)(C)C.CCC(C)C. The van der Waals surface area contributed by atoms with Crippen molar-refractivity contribution in [3.8, 4) is 0 Å². The molecule has 4 heteroatoms. The minimum atomic E-state index is -0.193. The maximum Gasteiger partial charge on any atom is 0.220 e. The summed E-state index contributed by atoms with van der Waals surface area (Å²) in [6, 6.07) is 0. The molecule has 0 radical (unpaired) electrons. The Kier molecular flexibility index (Phi) is 11.3. The summed E-state index contributed by atoms with van der Waals surface area (Å²) in [6.45, 7) is 21.6. The van der Waals surface area contributed by atoms with E-state index in [9.17, 15) is 9.59 Å². The molecule has 0 spiro atoms. The molecular weight excluding hydrogens is 300 g/mol. The standard InChI is InChI=1S/C15H30N2O2.C5H12/c1-13(2,3)17-12(19)8-14(4,5)9-15(6,7)10-16-11-18;1-4-5(2)3/h11H,8-10H2,1-7H3,(H,16,18)(H,17,19);5H,4H2,1-3H3. The lowest BCUT2D eigenvalue weighted by atomic mass is 9.73. The van der Waals surface area contributed by atoms with E-state index < -0.39 is 0 Å². The van der Waals surface area contributed by atoms with Crippen LogP contribution < -0.4 is 10.6 Å². The van der Waals surface area contributed by atoms with Crippen molar-refractivity contribution in [3.05, 3.63) is 0 Å². The Morgan fingerprint density at radius 1 is 1.00 bits per heavy atom. The molecule has 0 aromatic carbocycles. The Hall–Kier alpha value is -1.06. The van der Waals surface area contributed by atoms with E-state index in [1.165, 1.54) is 6.42 Å². The molecule has 0 heterocycles. The van der Waals surface area contributed by atoms with Gasteiger partial charge in [-0.3, -0.25) is 9.59 Å². The molecule has 0 bridgehead atoms. The van der Waals surface area contributed by atoms with Gasteiger partial charge < -0.3 is 10.6 Å². The van der Waals surface area contributed by atoms with E-state index in [1.807, 2.05) is 20.8 Å². The molecule has 2 N–H and O–H groups in total. The van der Waals surface area contributed by atoms with Crippen molar-refractivity contribution < 1.29 is 9.59 Å². The van der Waals surface area contributed by atoms with Gasteiger partial charge in [-0.1, -0.05) is 54.9 Å². The van der Waals surface area contributed by atoms with Crippen LogP contribution in [0.2, 0.25) is 0 Å². The second-order valence-corrected chi connectivity index (χ2v) is 9.78. The molecule has 24 heavy (non-hydrogen) atoms. The van der Waals surface area contributed by atoms with Crippen molar-refractivity contribution in [2.24, 2.45) is 16.7 Å². The lowest BCUT2D eigenvalue weighted by Crippen LogP contribution is -2.43. The first-order valence-corrected chi connectivity index (χ1v) is 9.12. The largest absolute Gasteiger partial charge is 0.358 e. The van der Waals surface area contributed by atoms with E-state index in [0.717, 1.165) is 18.7 Å². The van der Waals surface area contributed by atoms with Gasteiger partial charge >= 0.3 is 0 Å². The maximum atomic E-state index is 12.0. The Morgan fingerprint density at radius 2 is 1.46 bits per heavy atom. The average Bonchev–Trinajstić information content (AvgIpc) is 2.32. The van der Waals surface area contributed by atoms with Crippen LogP contribution in [0.4, 0.5) is 0 Å². The number of carbonyl (C=O) groups excluding carboxylic acids is 2. The fraction of sp³-hybridized carbons (Fsp3) is 0.900. The highest BCUT2D eigenvalue weighted by Gasteiger charge is 2.31. The fourth-order valence-electron chi connectivity index (χ4n) is 2.64. The van der Waals surface area contributed by atoms with Crippen molar-refractivity contribution in [3.63, 3.8) is 0 Å². The third-order valence-electron chi connectivity index (χ3n) is 3.59. The molecule has 0 aliphatic rings. The van der Waals surface area contributed by atoms with E-state index in [0.29, 0.717) is 13.0 Å². The fourth-order valence-corrected chi connectivity index (χ4v) is 2.64. The van der Waals surface area contributed by atoms with Crippen LogP contribution in [0.25, 0.3) is 0 Å². The van der Waals surface area contributed by atoms with Crippen molar-refractivity contribution in [2.45, 2.75) is 94.0 Å². The van der Waals surface area contributed by atoms with Crippen molar-refractivity contribution in [2.75, 3.05) is 6.54 Å². The quantitative estimate of drug-likeness (QED) is 0.637. The molecule has 0 aromatic rings. The molecule has 0 aliphatic heterocycles. The van der Waals surface area contributed by atoms with Crippen LogP contribution in [0.15, 0.2) is 0 Å². The normalized spacial score (nSPS) is 12.3. The lowest BCUT2D eigenvalue weighted by molar-refractivity contribution is -0.125. The molecule has 0 fully saturated rings. The van der Waals surface area contributed by atoms with Gasteiger partial charge in [-0.05, 0) is 43.9 Å². The average molecular weight is 343 g/mol. The molecule has 144 valence electrons. The van der Waals surface area contributed by atoms with Gasteiger partial charge in [-0.15, -0.1) is 0 Å². The first kappa shape index (κ1) is 25.2. The molecule has 0 aromatic heterocycles. The van der Waals surface area contributed by atoms with Gasteiger partial charge in [0.25, 0.3) is 0 Å².